The molecule has 11 heavy (non-hydrogen) atoms. The molecule has 0 aromatic carbocycles. The molecular weight excluding hydrogens is 146 g/mol. The summed E-state index contributed by atoms with van der Waals surface area (Å²) in [6.45, 7) is 3.43. The summed E-state index contributed by atoms with van der Waals surface area (Å²) in [6.07, 6.45) is 0.730. The molecule has 0 spiro atoms. The second kappa shape index (κ2) is 5.09. The zero-order valence-electron chi connectivity index (χ0n) is 6.87. The fraction of sp³-hybridized carbons (Fsp3) is 0.857. The maximum Gasteiger partial charge on any atom is 0.320 e. The number of hydrogen-bond acceptors (Lipinski definition) is 3. The highest BCUT2D eigenvalue weighted by molar-refractivity contribution is 5.72. The predicted octanol–water partition coefficient (Wildman–Crippen LogP) is -0.180. The van der Waals surface area contributed by atoms with E-state index in [2.05, 4.69) is 5.32 Å². The van der Waals surface area contributed by atoms with E-state index < -0.39 is 12.0 Å². The van der Waals surface area contributed by atoms with Gasteiger partial charge in [0.25, 0.3) is 0 Å². The minimum absolute atomic E-state index is 0.0197. The molecule has 0 bridgehead atoms. The highest BCUT2D eigenvalue weighted by Gasteiger charge is 2.14. The van der Waals surface area contributed by atoms with E-state index in [0.29, 0.717) is 0 Å². The molecule has 2 atom stereocenters. The number of aliphatic hydroxyl groups is 1. The van der Waals surface area contributed by atoms with E-state index in [9.17, 15) is 4.79 Å². The van der Waals surface area contributed by atoms with Gasteiger partial charge in [-0.15, -0.1) is 0 Å². The van der Waals surface area contributed by atoms with Crippen molar-refractivity contribution in [2.75, 3.05) is 6.61 Å². The van der Waals surface area contributed by atoms with Gasteiger partial charge in [0, 0.05) is 6.04 Å². The third kappa shape index (κ3) is 3.95. The topological polar surface area (TPSA) is 69.6 Å². The van der Waals surface area contributed by atoms with Gasteiger partial charge in [-0.25, -0.2) is 0 Å². The van der Waals surface area contributed by atoms with Crippen LogP contribution in [0.2, 0.25) is 0 Å². The van der Waals surface area contributed by atoms with E-state index >= 15 is 0 Å². The molecule has 0 saturated heterocycles. The minimum atomic E-state index is -0.892. The van der Waals surface area contributed by atoms with Crippen molar-refractivity contribution in [3.8, 4) is 0 Å². The zero-order valence-corrected chi connectivity index (χ0v) is 6.87. The Morgan fingerprint density at radius 3 is 2.45 bits per heavy atom. The van der Waals surface area contributed by atoms with Gasteiger partial charge in [0.2, 0.25) is 0 Å². The number of carboxylic acids is 1. The first-order valence-corrected chi connectivity index (χ1v) is 3.71. The van der Waals surface area contributed by atoms with Crippen molar-refractivity contribution in [2.24, 2.45) is 0 Å². The molecular formula is C7H15NO3. The lowest BCUT2D eigenvalue weighted by Crippen LogP contribution is -2.42. The molecule has 0 fully saturated rings. The Bertz CT molecular complexity index is 123. The molecule has 0 aromatic heterocycles. The van der Waals surface area contributed by atoms with Crippen molar-refractivity contribution < 1.29 is 15.0 Å². The van der Waals surface area contributed by atoms with Crippen LogP contribution in [0.4, 0.5) is 0 Å². The summed E-state index contributed by atoms with van der Waals surface area (Å²) in [5, 5.41) is 19.9. The first-order valence-electron chi connectivity index (χ1n) is 3.71. The summed E-state index contributed by atoms with van der Waals surface area (Å²) in [5.41, 5.74) is 0. The normalized spacial score (nSPS) is 15.9. The second-order valence-electron chi connectivity index (χ2n) is 2.51. The third-order valence-corrected chi connectivity index (χ3v) is 1.57. The van der Waals surface area contributed by atoms with E-state index in [-0.39, 0.29) is 12.6 Å². The van der Waals surface area contributed by atoms with Crippen LogP contribution in [0.5, 0.6) is 0 Å². The molecule has 0 aromatic rings. The molecule has 0 aliphatic heterocycles. The van der Waals surface area contributed by atoms with Gasteiger partial charge >= 0.3 is 5.97 Å². The monoisotopic (exact) mass is 161 g/mol. The minimum Gasteiger partial charge on any atom is -0.480 e. The summed E-state index contributed by atoms with van der Waals surface area (Å²) < 4.78 is 0. The lowest BCUT2D eigenvalue weighted by atomic mass is 10.2. The smallest absolute Gasteiger partial charge is 0.320 e. The molecule has 4 nitrogen and oxygen atoms in total. The third-order valence-electron chi connectivity index (χ3n) is 1.57. The molecule has 0 saturated carbocycles. The van der Waals surface area contributed by atoms with E-state index in [1.165, 1.54) is 0 Å². The van der Waals surface area contributed by atoms with E-state index in [1.807, 2.05) is 6.92 Å². The number of aliphatic hydroxyl groups excluding tert-OH is 1. The fourth-order valence-corrected chi connectivity index (χ4v) is 0.724. The summed E-state index contributed by atoms with van der Waals surface area (Å²) in [5.74, 6) is -0.892. The molecule has 3 N–H and O–H groups in total. The lowest BCUT2D eigenvalue weighted by molar-refractivity contribution is -0.139. The number of carbonyl (C=O) groups is 1. The molecule has 0 rings (SSSR count). The molecule has 4 heteroatoms. The average Bonchev–Trinajstić information content (AvgIpc) is 1.99. The second-order valence-corrected chi connectivity index (χ2v) is 2.51. The van der Waals surface area contributed by atoms with Crippen molar-refractivity contribution >= 4 is 5.97 Å². The van der Waals surface area contributed by atoms with Crippen LogP contribution in [0.1, 0.15) is 20.3 Å². The quantitative estimate of drug-likeness (QED) is 0.523. The Balaban J connectivity index is 3.71. The number of aliphatic carboxylic acids is 1. The molecule has 0 radical (unpaired) electrons. The summed E-state index contributed by atoms with van der Waals surface area (Å²) >= 11 is 0. The van der Waals surface area contributed by atoms with Gasteiger partial charge in [-0.2, -0.15) is 0 Å². The van der Waals surface area contributed by atoms with Gasteiger partial charge in [0.1, 0.15) is 6.04 Å². The van der Waals surface area contributed by atoms with Gasteiger partial charge in [-0.1, -0.05) is 6.92 Å². The average molecular weight is 161 g/mol. The van der Waals surface area contributed by atoms with Gasteiger partial charge in [-0.05, 0) is 13.3 Å². The van der Waals surface area contributed by atoms with Crippen LogP contribution in [0, 0.1) is 0 Å². The molecule has 0 amide bonds. The fourth-order valence-electron chi connectivity index (χ4n) is 0.724. The number of nitrogens with one attached hydrogen (secondary N) is 1. The van der Waals surface area contributed by atoms with Crippen molar-refractivity contribution in [3.63, 3.8) is 0 Å². The Morgan fingerprint density at radius 1 is 1.64 bits per heavy atom. The Hall–Kier alpha value is -0.610. The van der Waals surface area contributed by atoms with Crippen LogP contribution in [0.25, 0.3) is 0 Å². The Kier molecular flexibility index (Phi) is 4.81. The van der Waals surface area contributed by atoms with Crippen LogP contribution < -0.4 is 5.32 Å². The molecule has 0 unspecified atom stereocenters. The van der Waals surface area contributed by atoms with Crippen molar-refractivity contribution in [1.82, 2.24) is 5.32 Å². The molecule has 66 valence electrons. The Labute approximate surface area is 66.2 Å². The van der Waals surface area contributed by atoms with E-state index in [1.54, 1.807) is 6.92 Å². The first-order chi connectivity index (χ1) is 5.11. The highest BCUT2D eigenvalue weighted by Crippen LogP contribution is 1.92. The van der Waals surface area contributed by atoms with Crippen LogP contribution in [-0.2, 0) is 4.79 Å². The number of hydrogen-bond donors (Lipinski definition) is 3. The first kappa shape index (κ1) is 10.4. The standard InChI is InChI=1S/C7H15NO3/c1-3-6(4-9)8-5(2)7(10)11/h5-6,8-9H,3-4H2,1-2H3,(H,10,11)/t5-,6-/m1/s1. The summed E-state index contributed by atoms with van der Waals surface area (Å²) in [7, 11) is 0. The number of carboxylic acid groups (broad SMARTS) is 1. The van der Waals surface area contributed by atoms with Crippen LogP contribution in [0.3, 0.4) is 0 Å². The van der Waals surface area contributed by atoms with Gasteiger partial charge in [0.15, 0.2) is 0 Å². The van der Waals surface area contributed by atoms with Crippen LogP contribution in [0.15, 0.2) is 0 Å². The number of rotatable bonds is 5. The van der Waals surface area contributed by atoms with Gasteiger partial charge in [-0.3, -0.25) is 10.1 Å². The molecule has 0 heterocycles. The maximum absolute atomic E-state index is 10.3. The molecule has 0 aliphatic carbocycles. The summed E-state index contributed by atoms with van der Waals surface area (Å²) in [4.78, 5) is 10.3. The highest BCUT2D eigenvalue weighted by atomic mass is 16.4. The van der Waals surface area contributed by atoms with Crippen LogP contribution in [-0.4, -0.2) is 34.9 Å². The predicted molar refractivity (Wildman–Crippen MR) is 41.4 cm³/mol. The van der Waals surface area contributed by atoms with Crippen molar-refractivity contribution in [1.29, 1.82) is 0 Å². The van der Waals surface area contributed by atoms with E-state index in [4.69, 9.17) is 10.2 Å². The van der Waals surface area contributed by atoms with Crippen LogP contribution >= 0.6 is 0 Å². The van der Waals surface area contributed by atoms with Gasteiger partial charge < -0.3 is 10.2 Å². The zero-order chi connectivity index (χ0) is 8.85. The SMILES string of the molecule is CC[C@H](CO)N[C@H](C)C(=O)O. The van der Waals surface area contributed by atoms with Crippen molar-refractivity contribution in [3.05, 3.63) is 0 Å². The largest absolute Gasteiger partial charge is 0.480 e. The summed E-state index contributed by atoms with van der Waals surface area (Å²) in [6, 6.07) is -0.701. The maximum atomic E-state index is 10.3. The Morgan fingerprint density at radius 2 is 2.18 bits per heavy atom. The van der Waals surface area contributed by atoms with E-state index in [0.717, 1.165) is 6.42 Å². The van der Waals surface area contributed by atoms with Gasteiger partial charge in [0.05, 0.1) is 6.61 Å². The molecule has 0 aliphatic rings. The van der Waals surface area contributed by atoms with Crippen molar-refractivity contribution in [2.45, 2.75) is 32.4 Å². The lowest BCUT2D eigenvalue weighted by Gasteiger charge is -2.16.